The minimum Gasteiger partial charge on any atom is -0.486 e. The van der Waals surface area contributed by atoms with Gasteiger partial charge in [0.05, 0.1) is 0 Å². The Morgan fingerprint density at radius 1 is 1.31 bits per heavy atom. The molecule has 0 bridgehead atoms. The van der Waals surface area contributed by atoms with Crippen LogP contribution in [0.3, 0.4) is 0 Å². The summed E-state index contributed by atoms with van der Waals surface area (Å²) in [5.74, 6) is 2.55. The third kappa shape index (κ3) is 1.74. The first-order valence-electron chi connectivity index (χ1n) is 5.28. The first kappa shape index (κ1) is 9.27. The molecule has 1 atom stereocenters. The van der Waals surface area contributed by atoms with E-state index in [1.165, 1.54) is 0 Å². The van der Waals surface area contributed by atoms with E-state index >= 15 is 0 Å². The van der Waals surface area contributed by atoms with E-state index in [0.29, 0.717) is 6.61 Å². The highest BCUT2D eigenvalue weighted by Gasteiger charge is 2.21. The smallest absolute Gasteiger partial charge is 0.161 e. The SMILES string of the molecule is c1ccc2c(c1)OCC(Cc1ncc[nH]1)O2. The van der Waals surface area contributed by atoms with Crippen molar-refractivity contribution in [3.63, 3.8) is 0 Å². The van der Waals surface area contributed by atoms with Crippen LogP contribution in [0.5, 0.6) is 11.5 Å². The molecule has 16 heavy (non-hydrogen) atoms. The van der Waals surface area contributed by atoms with Crippen LogP contribution in [0.4, 0.5) is 0 Å². The summed E-state index contributed by atoms with van der Waals surface area (Å²) >= 11 is 0. The van der Waals surface area contributed by atoms with Crippen LogP contribution < -0.4 is 9.47 Å². The molecular formula is C12H12N2O2. The number of aromatic nitrogens is 2. The molecule has 2 aromatic rings. The lowest BCUT2D eigenvalue weighted by atomic mass is 10.2. The predicted molar refractivity (Wildman–Crippen MR) is 58.6 cm³/mol. The number of H-pyrrole nitrogens is 1. The first-order chi connectivity index (χ1) is 7.92. The normalized spacial score (nSPS) is 18.4. The van der Waals surface area contributed by atoms with Gasteiger partial charge in [-0.15, -0.1) is 0 Å². The highest BCUT2D eigenvalue weighted by atomic mass is 16.6. The second-order valence-electron chi connectivity index (χ2n) is 3.74. The molecule has 0 saturated carbocycles. The van der Waals surface area contributed by atoms with Crippen LogP contribution in [0.25, 0.3) is 0 Å². The van der Waals surface area contributed by atoms with Crippen LogP contribution in [0.1, 0.15) is 5.82 Å². The Balaban J connectivity index is 1.73. The highest BCUT2D eigenvalue weighted by Crippen LogP contribution is 2.31. The standard InChI is InChI=1S/C12H12N2O2/c1-2-4-11-10(3-1)15-8-9(16-11)7-12-13-5-6-14-12/h1-6,9H,7-8H2,(H,13,14). The fraction of sp³-hybridized carbons (Fsp3) is 0.250. The number of para-hydroxylation sites is 2. The van der Waals surface area contributed by atoms with Gasteiger partial charge in [0.25, 0.3) is 0 Å². The van der Waals surface area contributed by atoms with Crippen LogP contribution in [0, 0.1) is 0 Å². The molecule has 0 amide bonds. The molecule has 82 valence electrons. The van der Waals surface area contributed by atoms with Gasteiger partial charge < -0.3 is 14.5 Å². The number of fused-ring (bicyclic) bond motifs is 1. The average Bonchev–Trinajstić information content (AvgIpc) is 2.82. The highest BCUT2D eigenvalue weighted by molar-refractivity contribution is 5.40. The molecule has 3 rings (SSSR count). The number of aromatic amines is 1. The molecule has 1 aromatic carbocycles. The van der Waals surface area contributed by atoms with Gasteiger partial charge >= 0.3 is 0 Å². The minimum atomic E-state index is 0.0287. The summed E-state index contributed by atoms with van der Waals surface area (Å²) in [6, 6.07) is 7.72. The Morgan fingerprint density at radius 2 is 2.19 bits per heavy atom. The van der Waals surface area contributed by atoms with Crippen LogP contribution in [0.15, 0.2) is 36.7 Å². The van der Waals surface area contributed by atoms with Crippen LogP contribution in [-0.4, -0.2) is 22.7 Å². The number of nitrogens with one attached hydrogen (secondary N) is 1. The second-order valence-corrected chi connectivity index (χ2v) is 3.74. The lowest BCUT2D eigenvalue weighted by Crippen LogP contribution is -2.31. The van der Waals surface area contributed by atoms with Gasteiger partial charge in [-0.05, 0) is 12.1 Å². The molecule has 1 N–H and O–H groups in total. The lowest BCUT2D eigenvalue weighted by Gasteiger charge is -2.25. The number of rotatable bonds is 2. The fourth-order valence-electron chi connectivity index (χ4n) is 1.79. The van der Waals surface area contributed by atoms with Crippen molar-refractivity contribution in [3.8, 4) is 11.5 Å². The summed E-state index contributed by atoms with van der Waals surface area (Å²) in [6.07, 6.45) is 4.32. The van der Waals surface area contributed by atoms with Gasteiger partial charge in [-0.25, -0.2) is 4.98 Å². The van der Waals surface area contributed by atoms with Gasteiger partial charge in [-0.1, -0.05) is 12.1 Å². The third-order valence-corrected chi connectivity index (χ3v) is 2.54. The maximum absolute atomic E-state index is 5.82. The second kappa shape index (κ2) is 3.89. The number of hydrogen-bond donors (Lipinski definition) is 1. The maximum Gasteiger partial charge on any atom is 0.161 e. The molecule has 0 fully saturated rings. The molecule has 1 aromatic heterocycles. The van der Waals surface area contributed by atoms with E-state index in [2.05, 4.69) is 9.97 Å². The van der Waals surface area contributed by atoms with Crippen molar-refractivity contribution in [1.29, 1.82) is 0 Å². The number of ether oxygens (including phenoxy) is 2. The molecule has 4 heteroatoms. The number of hydrogen-bond acceptors (Lipinski definition) is 3. The molecule has 2 heterocycles. The van der Waals surface area contributed by atoms with Gasteiger partial charge in [-0.2, -0.15) is 0 Å². The van der Waals surface area contributed by atoms with E-state index < -0.39 is 0 Å². The van der Waals surface area contributed by atoms with E-state index in [1.54, 1.807) is 6.20 Å². The summed E-state index contributed by atoms with van der Waals surface area (Å²) in [7, 11) is 0. The topological polar surface area (TPSA) is 47.1 Å². The van der Waals surface area contributed by atoms with E-state index in [1.807, 2.05) is 30.5 Å². The van der Waals surface area contributed by atoms with Crippen molar-refractivity contribution in [2.75, 3.05) is 6.61 Å². The van der Waals surface area contributed by atoms with Gasteiger partial charge in [0, 0.05) is 18.8 Å². The van der Waals surface area contributed by atoms with E-state index in [4.69, 9.17) is 9.47 Å². The van der Waals surface area contributed by atoms with Crippen molar-refractivity contribution in [3.05, 3.63) is 42.5 Å². The monoisotopic (exact) mass is 216 g/mol. The average molecular weight is 216 g/mol. The van der Waals surface area contributed by atoms with Gasteiger partial charge in [0.2, 0.25) is 0 Å². The van der Waals surface area contributed by atoms with E-state index in [-0.39, 0.29) is 6.10 Å². The van der Waals surface area contributed by atoms with Crippen LogP contribution in [-0.2, 0) is 6.42 Å². The lowest BCUT2D eigenvalue weighted by molar-refractivity contribution is 0.0900. The quantitative estimate of drug-likeness (QED) is 0.832. The molecule has 0 aliphatic carbocycles. The van der Waals surface area contributed by atoms with E-state index in [9.17, 15) is 0 Å². The molecule has 1 aliphatic heterocycles. The van der Waals surface area contributed by atoms with Crippen LogP contribution in [0.2, 0.25) is 0 Å². The summed E-state index contributed by atoms with van der Waals surface area (Å²) in [5.41, 5.74) is 0. The Bertz CT molecular complexity index is 468. The largest absolute Gasteiger partial charge is 0.486 e. The first-order valence-corrected chi connectivity index (χ1v) is 5.28. The Labute approximate surface area is 93.2 Å². The fourth-order valence-corrected chi connectivity index (χ4v) is 1.79. The predicted octanol–water partition coefficient (Wildman–Crippen LogP) is 1.79. The Kier molecular flexibility index (Phi) is 2.25. The molecule has 0 spiro atoms. The summed E-state index contributed by atoms with van der Waals surface area (Å²) in [4.78, 5) is 7.24. The number of nitrogens with zero attached hydrogens (tertiary/aromatic N) is 1. The maximum atomic E-state index is 5.82. The zero-order chi connectivity index (χ0) is 10.8. The molecule has 1 unspecified atom stereocenters. The van der Waals surface area contributed by atoms with Crippen molar-refractivity contribution < 1.29 is 9.47 Å². The van der Waals surface area contributed by atoms with Crippen molar-refractivity contribution in [1.82, 2.24) is 9.97 Å². The number of benzene rings is 1. The Morgan fingerprint density at radius 3 is 3.00 bits per heavy atom. The van der Waals surface area contributed by atoms with Gasteiger partial charge in [-0.3, -0.25) is 0 Å². The van der Waals surface area contributed by atoms with Gasteiger partial charge in [0.15, 0.2) is 11.5 Å². The van der Waals surface area contributed by atoms with Crippen molar-refractivity contribution in [2.24, 2.45) is 0 Å². The summed E-state index contributed by atoms with van der Waals surface area (Å²) in [6.45, 7) is 0.567. The summed E-state index contributed by atoms with van der Waals surface area (Å²) < 4.78 is 11.4. The number of imidazole rings is 1. The molecular weight excluding hydrogens is 204 g/mol. The van der Waals surface area contributed by atoms with Gasteiger partial charge in [0.1, 0.15) is 18.5 Å². The van der Waals surface area contributed by atoms with E-state index in [0.717, 1.165) is 23.7 Å². The van der Waals surface area contributed by atoms with Crippen molar-refractivity contribution in [2.45, 2.75) is 12.5 Å². The van der Waals surface area contributed by atoms with Crippen molar-refractivity contribution >= 4 is 0 Å². The van der Waals surface area contributed by atoms with Crippen LogP contribution >= 0.6 is 0 Å². The minimum absolute atomic E-state index is 0.0287. The zero-order valence-corrected chi connectivity index (χ0v) is 8.72. The third-order valence-electron chi connectivity index (χ3n) is 2.54. The summed E-state index contributed by atoms with van der Waals surface area (Å²) in [5, 5.41) is 0. The molecule has 0 saturated heterocycles. The molecule has 0 radical (unpaired) electrons. The molecule has 4 nitrogen and oxygen atoms in total. The molecule has 1 aliphatic rings. The zero-order valence-electron chi connectivity index (χ0n) is 8.72. The Hall–Kier alpha value is -1.97.